The first kappa shape index (κ1) is 21.9. The molecule has 2 aliphatic rings. The summed E-state index contributed by atoms with van der Waals surface area (Å²) >= 11 is 0. The molecule has 3 amide bonds. The molecule has 0 saturated carbocycles. The van der Waals surface area contributed by atoms with Gasteiger partial charge in [0.2, 0.25) is 11.8 Å². The van der Waals surface area contributed by atoms with Gasteiger partial charge in [-0.2, -0.15) is 13.2 Å². The Balaban J connectivity index is 1.41. The van der Waals surface area contributed by atoms with Crippen LogP contribution >= 0.6 is 0 Å². The number of benzene rings is 2. The highest BCUT2D eigenvalue weighted by atomic mass is 19.4. The van der Waals surface area contributed by atoms with Gasteiger partial charge in [0.1, 0.15) is 11.9 Å². The number of amides is 3. The van der Waals surface area contributed by atoms with Crippen LogP contribution in [0.15, 0.2) is 48.7 Å². The molecule has 1 fully saturated rings. The lowest BCUT2D eigenvalue weighted by atomic mass is 10.0. The van der Waals surface area contributed by atoms with Crippen LogP contribution in [0.4, 0.5) is 13.2 Å². The number of aryl methyl sites for hydroxylation is 1. The third kappa shape index (κ3) is 3.74. The lowest BCUT2D eigenvalue weighted by Crippen LogP contribution is -2.52. The molecule has 2 aliphatic heterocycles. The predicted molar refractivity (Wildman–Crippen MR) is 115 cm³/mol. The van der Waals surface area contributed by atoms with Crippen LogP contribution in [-0.4, -0.2) is 38.2 Å². The summed E-state index contributed by atoms with van der Waals surface area (Å²) in [6, 6.07) is 9.39. The summed E-state index contributed by atoms with van der Waals surface area (Å²) in [7, 11) is 1.76. The Morgan fingerprint density at radius 2 is 1.74 bits per heavy atom. The summed E-state index contributed by atoms with van der Waals surface area (Å²) in [6.07, 6.45) is -2.17. The Hall–Kier alpha value is -3.95. The summed E-state index contributed by atoms with van der Waals surface area (Å²) in [6.45, 7) is 0.243. The monoisotopic (exact) mass is 468 g/mol. The number of alkyl halides is 3. The van der Waals surface area contributed by atoms with Gasteiger partial charge in [0.05, 0.1) is 11.3 Å². The van der Waals surface area contributed by atoms with E-state index in [1.165, 1.54) is 17.0 Å². The average molecular weight is 468 g/mol. The van der Waals surface area contributed by atoms with Crippen molar-refractivity contribution in [3.8, 4) is 22.6 Å². The molecule has 0 spiro atoms. The zero-order chi connectivity index (χ0) is 24.2. The Labute approximate surface area is 192 Å². The van der Waals surface area contributed by atoms with Crippen LogP contribution in [0, 0.1) is 0 Å². The maximum atomic E-state index is 12.9. The number of carbonyl (C=O) groups excluding carboxylic acids is 3. The number of nitrogens with zero attached hydrogens (tertiary/aromatic N) is 3. The molecule has 3 heterocycles. The molecule has 0 radical (unpaired) electrons. The third-order valence-corrected chi connectivity index (χ3v) is 6.17. The topological polar surface area (TPSA) is 84.3 Å². The summed E-state index contributed by atoms with van der Waals surface area (Å²) in [4.78, 5) is 42.6. The number of hydrogen-bond donors (Lipinski definition) is 1. The van der Waals surface area contributed by atoms with Gasteiger partial charge in [-0.3, -0.25) is 19.7 Å². The van der Waals surface area contributed by atoms with Gasteiger partial charge in [-0.15, -0.1) is 0 Å². The molecule has 7 nitrogen and oxygen atoms in total. The summed E-state index contributed by atoms with van der Waals surface area (Å²) in [5, 5.41) is 2.28. The number of nitrogens with one attached hydrogen (secondary N) is 1. The predicted octanol–water partition coefficient (Wildman–Crippen LogP) is 3.53. The first-order valence-corrected chi connectivity index (χ1v) is 10.6. The fourth-order valence-corrected chi connectivity index (χ4v) is 4.42. The van der Waals surface area contributed by atoms with E-state index < -0.39 is 23.7 Å². The highest BCUT2D eigenvalue weighted by Crippen LogP contribution is 2.33. The lowest BCUT2D eigenvalue weighted by molar-refractivity contribution is -0.138. The van der Waals surface area contributed by atoms with E-state index in [1.807, 2.05) is 6.07 Å². The van der Waals surface area contributed by atoms with Crippen LogP contribution in [-0.2, 0) is 29.4 Å². The summed E-state index contributed by atoms with van der Waals surface area (Å²) < 4.78 is 40.3. The number of aromatic nitrogens is 2. The SMILES string of the molecule is Cn1cc(-c2ccc3c(c2)CN([C@H]2CCC(=O)NC2=O)C3=O)nc1-c1ccc(C(F)(F)F)cc1. The molecule has 1 N–H and O–H groups in total. The second-order valence-corrected chi connectivity index (χ2v) is 8.41. The number of carbonyl (C=O) groups is 3. The van der Waals surface area contributed by atoms with Crippen LogP contribution in [0.25, 0.3) is 22.6 Å². The molecule has 0 bridgehead atoms. The number of imidazole rings is 1. The van der Waals surface area contributed by atoms with Gasteiger partial charge in [-0.1, -0.05) is 18.2 Å². The summed E-state index contributed by atoms with van der Waals surface area (Å²) in [5.41, 5.74) is 2.40. The largest absolute Gasteiger partial charge is 0.416 e. The van der Waals surface area contributed by atoms with Crippen LogP contribution < -0.4 is 5.32 Å². The van der Waals surface area contributed by atoms with Gasteiger partial charge in [0.25, 0.3) is 5.91 Å². The molecule has 0 aliphatic carbocycles. The van der Waals surface area contributed by atoms with Crippen molar-refractivity contribution in [3.63, 3.8) is 0 Å². The number of fused-ring (bicyclic) bond motifs is 1. The first-order valence-electron chi connectivity index (χ1n) is 10.6. The van der Waals surface area contributed by atoms with Crippen molar-refractivity contribution in [2.24, 2.45) is 7.05 Å². The molecular formula is C24H19F3N4O3. The Morgan fingerprint density at radius 1 is 1.03 bits per heavy atom. The van der Waals surface area contributed by atoms with E-state index in [2.05, 4.69) is 10.3 Å². The highest BCUT2D eigenvalue weighted by molar-refractivity contribution is 6.05. The molecule has 2 aromatic carbocycles. The van der Waals surface area contributed by atoms with Crippen molar-refractivity contribution in [2.75, 3.05) is 0 Å². The maximum absolute atomic E-state index is 12.9. The lowest BCUT2D eigenvalue weighted by Gasteiger charge is -2.29. The fourth-order valence-electron chi connectivity index (χ4n) is 4.42. The number of halogens is 3. The number of hydrogen-bond acceptors (Lipinski definition) is 4. The molecule has 1 atom stereocenters. The second-order valence-electron chi connectivity index (χ2n) is 8.41. The van der Waals surface area contributed by atoms with Gasteiger partial charge in [-0.25, -0.2) is 4.98 Å². The van der Waals surface area contributed by atoms with Gasteiger partial charge >= 0.3 is 6.18 Å². The molecule has 10 heteroatoms. The van der Waals surface area contributed by atoms with Crippen LogP contribution in [0.1, 0.15) is 34.3 Å². The summed E-state index contributed by atoms with van der Waals surface area (Å²) in [5.74, 6) is -0.566. The maximum Gasteiger partial charge on any atom is 0.416 e. The minimum absolute atomic E-state index is 0.183. The van der Waals surface area contributed by atoms with Gasteiger partial charge in [0, 0.05) is 42.9 Å². The Kier molecular flexibility index (Phi) is 5.03. The van der Waals surface area contributed by atoms with Crippen molar-refractivity contribution in [2.45, 2.75) is 31.6 Å². The molecule has 1 saturated heterocycles. The number of imide groups is 1. The van der Waals surface area contributed by atoms with E-state index >= 15 is 0 Å². The van der Waals surface area contributed by atoms with E-state index in [0.29, 0.717) is 22.6 Å². The molecule has 0 unspecified atom stereocenters. The van der Waals surface area contributed by atoms with Gasteiger partial charge < -0.3 is 9.47 Å². The molecule has 3 aromatic rings. The number of rotatable bonds is 3. The van der Waals surface area contributed by atoms with E-state index in [9.17, 15) is 27.6 Å². The van der Waals surface area contributed by atoms with Crippen LogP contribution in [0.2, 0.25) is 0 Å². The van der Waals surface area contributed by atoms with Crippen molar-refractivity contribution >= 4 is 17.7 Å². The zero-order valence-corrected chi connectivity index (χ0v) is 18.0. The Morgan fingerprint density at radius 3 is 2.41 bits per heavy atom. The van der Waals surface area contributed by atoms with Crippen molar-refractivity contribution < 1.29 is 27.6 Å². The number of piperidine rings is 1. The smallest absolute Gasteiger partial charge is 0.333 e. The normalized spacial score (nSPS) is 18.3. The van der Waals surface area contributed by atoms with Crippen LogP contribution in [0.3, 0.4) is 0 Å². The second kappa shape index (κ2) is 7.82. The highest BCUT2D eigenvalue weighted by Gasteiger charge is 2.39. The van der Waals surface area contributed by atoms with E-state index in [4.69, 9.17) is 0 Å². The van der Waals surface area contributed by atoms with Crippen molar-refractivity contribution in [1.29, 1.82) is 0 Å². The molecule has 5 rings (SSSR count). The van der Waals surface area contributed by atoms with Crippen molar-refractivity contribution in [1.82, 2.24) is 19.8 Å². The quantitative estimate of drug-likeness (QED) is 0.596. The fraction of sp³-hybridized carbons (Fsp3) is 0.250. The average Bonchev–Trinajstić information content (AvgIpc) is 3.33. The Bertz CT molecular complexity index is 1330. The van der Waals surface area contributed by atoms with E-state index in [0.717, 1.165) is 23.3 Å². The van der Waals surface area contributed by atoms with E-state index in [1.54, 1.807) is 29.9 Å². The van der Waals surface area contributed by atoms with Gasteiger partial charge in [-0.05, 0) is 36.2 Å². The minimum Gasteiger partial charge on any atom is -0.333 e. The minimum atomic E-state index is -4.41. The molecular weight excluding hydrogens is 449 g/mol. The van der Waals surface area contributed by atoms with Crippen molar-refractivity contribution in [3.05, 3.63) is 65.4 Å². The van der Waals surface area contributed by atoms with Crippen LogP contribution in [0.5, 0.6) is 0 Å². The van der Waals surface area contributed by atoms with Gasteiger partial charge in [0.15, 0.2) is 0 Å². The third-order valence-electron chi connectivity index (χ3n) is 6.17. The molecule has 174 valence electrons. The zero-order valence-electron chi connectivity index (χ0n) is 18.0. The first-order chi connectivity index (χ1) is 16.1. The standard InChI is InChI=1S/C24H19F3N4O3/c1-30-12-18(28-21(30)13-2-5-16(6-3-13)24(25,26)27)14-4-7-17-15(10-14)11-31(23(17)34)19-8-9-20(32)29-22(19)33/h2-7,10,12,19H,8-9,11H2,1H3,(H,29,32,33)/t19-/m0/s1. The molecule has 34 heavy (non-hydrogen) atoms. The molecule has 1 aromatic heterocycles. The van der Waals surface area contributed by atoms with E-state index in [-0.39, 0.29) is 31.2 Å².